The van der Waals surface area contributed by atoms with Crippen molar-refractivity contribution in [1.82, 2.24) is 20.2 Å². The average Bonchev–Trinajstić information content (AvgIpc) is 2.96. The van der Waals surface area contributed by atoms with Crippen LogP contribution < -0.4 is 15.4 Å². The summed E-state index contributed by atoms with van der Waals surface area (Å²) in [5.74, 6) is 0.963. The zero-order chi connectivity index (χ0) is 27.1. The number of rotatable bonds is 10. The zero-order valence-corrected chi connectivity index (χ0v) is 22.5. The van der Waals surface area contributed by atoms with Gasteiger partial charge in [-0.05, 0) is 62.4 Å². The second-order valence-corrected chi connectivity index (χ2v) is 9.61. The molecule has 1 aromatic heterocycles. The lowest BCUT2D eigenvalue weighted by atomic mass is 9.90. The van der Waals surface area contributed by atoms with Crippen molar-refractivity contribution in [3.8, 4) is 23.2 Å². The van der Waals surface area contributed by atoms with Crippen LogP contribution in [-0.4, -0.2) is 59.6 Å². The summed E-state index contributed by atoms with van der Waals surface area (Å²) >= 11 is 0. The Hall–Kier alpha value is -3.96. The minimum absolute atomic E-state index is 0.164. The molecule has 2 N–H and O–H groups in total. The molecule has 0 radical (unpaired) electrons. The van der Waals surface area contributed by atoms with E-state index in [1.54, 1.807) is 19.4 Å². The lowest BCUT2D eigenvalue weighted by molar-refractivity contribution is 0.0901. The van der Waals surface area contributed by atoms with Crippen molar-refractivity contribution in [2.75, 3.05) is 32.1 Å². The summed E-state index contributed by atoms with van der Waals surface area (Å²) in [5, 5.41) is 17.5. The Morgan fingerprint density at radius 3 is 2.58 bits per heavy atom. The van der Waals surface area contributed by atoms with E-state index in [4.69, 9.17) is 10.00 Å². The molecule has 198 valence electrons. The SMILES string of the molecule is C=C(C#N)CNc1c(OC)ccc2ccc(-c3nccc(C(=O)N[C@H]4CC[C@@H](N(CC)CC)CC4)n3)cc12. The molecule has 1 aliphatic rings. The highest BCUT2D eigenvalue weighted by molar-refractivity contribution is 5.99. The Labute approximate surface area is 224 Å². The number of nitrogens with one attached hydrogen (secondary N) is 2. The van der Waals surface area contributed by atoms with Gasteiger partial charge >= 0.3 is 0 Å². The van der Waals surface area contributed by atoms with E-state index in [2.05, 4.69) is 52.0 Å². The standard InChI is InChI=1S/C30H36N6O2/c1-5-36(6-2)24-12-10-23(11-13-24)34-30(37)26-15-16-32-29(35-26)22-8-7-21-9-14-27(38-4)28(25(21)17-22)33-19-20(3)18-31/h7-9,14-17,23-24,33H,3,5-6,10-13,19H2,1-2,4H3,(H,34,37)/t23-,24+. The van der Waals surface area contributed by atoms with Crippen molar-refractivity contribution >= 4 is 22.4 Å². The summed E-state index contributed by atoms with van der Waals surface area (Å²) in [6, 6.07) is 14.2. The molecule has 0 saturated heterocycles. The number of methoxy groups -OCH3 is 1. The number of carbonyl (C=O) groups excluding carboxylic acids is 1. The fraction of sp³-hybridized carbons (Fsp3) is 0.400. The molecular formula is C30H36N6O2. The number of ether oxygens (including phenoxy) is 1. The van der Waals surface area contributed by atoms with Crippen molar-refractivity contribution in [3.05, 3.63) is 60.4 Å². The first kappa shape index (κ1) is 27.1. The van der Waals surface area contributed by atoms with E-state index in [0.29, 0.717) is 35.4 Å². The number of aromatic nitrogens is 2. The fourth-order valence-electron chi connectivity index (χ4n) is 5.23. The van der Waals surface area contributed by atoms with Crippen LogP contribution in [0.3, 0.4) is 0 Å². The molecule has 0 spiro atoms. The summed E-state index contributed by atoms with van der Waals surface area (Å²) in [4.78, 5) is 24.6. The zero-order valence-electron chi connectivity index (χ0n) is 22.5. The van der Waals surface area contributed by atoms with Crippen molar-refractivity contribution in [1.29, 1.82) is 5.26 Å². The van der Waals surface area contributed by atoms with Crippen LogP contribution in [0.15, 0.2) is 54.7 Å². The third kappa shape index (κ3) is 6.12. The quantitative estimate of drug-likeness (QED) is 0.361. The number of amides is 1. The number of carbonyl (C=O) groups is 1. The van der Waals surface area contributed by atoms with E-state index in [-0.39, 0.29) is 11.9 Å². The minimum atomic E-state index is -0.167. The Bertz CT molecular complexity index is 1340. The molecule has 4 rings (SSSR count). The van der Waals surface area contributed by atoms with Gasteiger partial charge in [0.25, 0.3) is 5.91 Å². The molecule has 0 bridgehead atoms. The smallest absolute Gasteiger partial charge is 0.270 e. The van der Waals surface area contributed by atoms with E-state index in [0.717, 1.165) is 60.8 Å². The third-order valence-corrected chi connectivity index (χ3v) is 7.35. The molecule has 3 aromatic rings. The number of anilines is 1. The molecule has 1 saturated carbocycles. The summed E-state index contributed by atoms with van der Waals surface area (Å²) in [7, 11) is 1.61. The van der Waals surface area contributed by atoms with Crippen molar-refractivity contribution in [2.45, 2.75) is 51.6 Å². The summed E-state index contributed by atoms with van der Waals surface area (Å²) in [5.41, 5.74) is 2.32. The van der Waals surface area contributed by atoms with Gasteiger partial charge in [-0.2, -0.15) is 5.26 Å². The van der Waals surface area contributed by atoms with Crippen LogP contribution in [0.2, 0.25) is 0 Å². The van der Waals surface area contributed by atoms with Gasteiger partial charge in [0.05, 0.1) is 18.9 Å². The summed E-state index contributed by atoms with van der Waals surface area (Å²) < 4.78 is 5.56. The molecule has 0 atom stereocenters. The average molecular weight is 513 g/mol. The first-order chi connectivity index (χ1) is 18.5. The number of hydrogen-bond donors (Lipinski definition) is 2. The maximum atomic E-state index is 13.1. The van der Waals surface area contributed by atoms with Gasteiger partial charge in [-0.25, -0.2) is 9.97 Å². The summed E-state index contributed by atoms with van der Waals surface area (Å²) in [6.45, 7) is 10.6. The first-order valence-electron chi connectivity index (χ1n) is 13.3. The Morgan fingerprint density at radius 2 is 1.89 bits per heavy atom. The highest BCUT2D eigenvalue weighted by Crippen LogP contribution is 2.35. The molecular weight excluding hydrogens is 476 g/mol. The van der Waals surface area contributed by atoms with Crippen LogP contribution in [0.5, 0.6) is 5.75 Å². The van der Waals surface area contributed by atoms with Gasteiger partial charge in [-0.1, -0.05) is 38.6 Å². The second-order valence-electron chi connectivity index (χ2n) is 9.61. The monoisotopic (exact) mass is 512 g/mol. The largest absolute Gasteiger partial charge is 0.495 e. The van der Waals surface area contributed by atoms with Gasteiger partial charge in [-0.15, -0.1) is 0 Å². The number of benzene rings is 2. The number of nitrogens with zero attached hydrogens (tertiary/aromatic N) is 4. The van der Waals surface area contributed by atoms with E-state index in [9.17, 15) is 4.79 Å². The molecule has 1 fully saturated rings. The number of fused-ring (bicyclic) bond motifs is 1. The van der Waals surface area contributed by atoms with Crippen molar-refractivity contribution < 1.29 is 9.53 Å². The Morgan fingerprint density at radius 1 is 1.16 bits per heavy atom. The van der Waals surface area contributed by atoms with Crippen LogP contribution in [0.25, 0.3) is 22.2 Å². The molecule has 1 aliphatic carbocycles. The fourth-order valence-corrected chi connectivity index (χ4v) is 5.23. The van der Waals surface area contributed by atoms with Gasteiger partial charge in [0.1, 0.15) is 11.4 Å². The van der Waals surface area contributed by atoms with Gasteiger partial charge < -0.3 is 20.3 Å². The van der Waals surface area contributed by atoms with E-state index < -0.39 is 0 Å². The number of nitriles is 1. The van der Waals surface area contributed by atoms with Gasteiger partial charge in [0, 0.05) is 41.3 Å². The molecule has 1 heterocycles. The van der Waals surface area contributed by atoms with Gasteiger partial charge in [0.15, 0.2) is 5.82 Å². The van der Waals surface area contributed by atoms with E-state index in [1.807, 2.05) is 30.3 Å². The normalized spacial score (nSPS) is 17.1. The lowest BCUT2D eigenvalue weighted by Gasteiger charge is -2.36. The topological polar surface area (TPSA) is 103 Å². The van der Waals surface area contributed by atoms with Crippen LogP contribution in [0.4, 0.5) is 5.69 Å². The third-order valence-electron chi connectivity index (χ3n) is 7.35. The molecule has 0 aliphatic heterocycles. The van der Waals surface area contributed by atoms with Crippen molar-refractivity contribution in [3.63, 3.8) is 0 Å². The Kier molecular flexibility index (Phi) is 8.93. The van der Waals surface area contributed by atoms with Crippen molar-refractivity contribution in [2.24, 2.45) is 0 Å². The number of hydrogen-bond acceptors (Lipinski definition) is 7. The lowest BCUT2D eigenvalue weighted by Crippen LogP contribution is -2.44. The molecule has 2 aromatic carbocycles. The maximum Gasteiger partial charge on any atom is 0.270 e. The summed E-state index contributed by atoms with van der Waals surface area (Å²) in [6.07, 6.45) is 5.78. The van der Waals surface area contributed by atoms with Crippen LogP contribution in [0.1, 0.15) is 50.0 Å². The highest BCUT2D eigenvalue weighted by atomic mass is 16.5. The van der Waals surface area contributed by atoms with Crippen LogP contribution in [0, 0.1) is 11.3 Å². The molecule has 8 heteroatoms. The Balaban J connectivity index is 1.53. The molecule has 0 unspecified atom stereocenters. The van der Waals surface area contributed by atoms with Gasteiger partial charge in [-0.3, -0.25) is 4.79 Å². The predicted octanol–water partition coefficient (Wildman–Crippen LogP) is 5.18. The maximum absolute atomic E-state index is 13.1. The second kappa shape index (κ2) is 12.5. The molecule has 38 heavy (non-hydrogen) atoms. The predicted molar refractivity (Wildman–Crippen MR) is 151 cm³/mol. The first-order valence-corrected chi connectivity index (χ1v) is 13.3. The highest BCUT2D eigenvalue weighted by Gasteiger charge is 2.26. The van der Waals surface area contributed by atoms with E-state index >= 15 is 0 Å². The molecule has 1 amide bonds. The van der Waals surface area contributed by atoms with Crippen LogP contribution >= 0.6 is 0 Å². The van der Waals surface area contributed by atoms with E-state index in [1.165, 1.54) is 0 Å². The van der Waals surface area contributed by atoms with Gasteiger partial charge in [0.2, 0.25) is 0 Å². The molecule has 8 nitrogen and oxygen atoms in total. The minimum Gasteiger partial charge on any atom is -0.495 e. The van der Waals surface area contributed by atoms with Crippen LogP contribution in [-0.2, 0) is 0 Å².